The van der Waals surface area contributed by atoms with E-state index in [0.717, 1.165) is 32.1 Å². The molecule has 2 fully saturated rings. The van der Waals surface area contributed by atoms with Crippen LogP contribution in [0.3, 0.4) is 0 Å². The summed E-state index contributed by atoms with van der Waals surface area (Å²) in [7, 11) is 1.65. The van der Waals surface area contributed by atoms with Gasteiger partial charge in [0.15, 0.2) is 0 Å². The minimum absolute atomic E-state index is 0.247. The quantitative estimate of drug-likeness (QED) is 0.701. The molecule has 6 heteroatoms. The number of carboxylic acids is 1. The van der Waals surface area contributed by atoms with Gasteiger partial charge in [0.05, 0.1) is 5.60 Å². The molecule has 0 bridgehead atoms. The summed E-state index contributed by atoms with van der Waals surface area (Å²) in [5, 5.41) is 14.7. The number of aliphatic carboxylic acids is 1. The highest BCUT2D eigenvalue weighted by Crippen LogP contribution is 2.34. The Hall–Kier alpha value is -1.30. The average Bonchev–Trinajstić information content (AvgIpc) is 2.78. The van der Waals surface area contributed by atoms with Crippen molar-refractivity contribution < 1.29 is 19.4 Å². The van der Waals surface area contributed by atoms with Gasteiger partial charge in [0, 0.05) is 13.7 Å². The molecule has 19 heavy (non-hydrogen) atoms. The van der Waals surface area contributed by atoms with Gasteiger partial charge < -0.3 is 20.5 Å². The fourth-order valence-corrected chi connectivity index (χ4v) is 2.90. The largest absolute Gasteiger partial charge is 0.480 e. The Bertz CT molecular complexity index is 354. The molecule has 108 valence electrons. The number of hydrogen-bond acceptors (Lipinski definition) is 3. The van der Waals surface area contributed by atoms with E-state index < -0.39 is 17.5 Å². The van der Waals surface area contributed by atoms with Crippen molar-refractivity contribution in [3.8, 4) is 0 Å². The molecular formula is C13H22N2O4. The second-order valence-corrected chi connectivity index (χ2v) is 5.64. The summed E-state index contributed by atoms with van der Waals surface area (Å²) in [6.07, 6.45) is 5.68. The second-order valence-electron chi connectivity index (χ2n) is 5.64. The summed E-state index contributed by atoms with van der Waals surface area (Å²) >= 11 is 0. The lowest BCUT2D eigenvalue weighted by Gasteiger charge is -2.40. The van der Waals surface area contributed by atoms with Gasteiger partial charge in [-0.05, 0) is 32.1 Å². The van der Waals surface area contributed by atoms with Gasteiger partial charge >= 0.3 is 12.0 Å². The number of urea groups is 1. The normalized spacial score (nSPS) is 23.4. The number of carboxylic acid groups (broad SMARTS) is 1. The van der Waals surface area contributed by atoms with E-state index in [9.17, 15) is 14.7 Å². The van der Waals surface area contributed by atoms with Gasteiger partial charge in [-0.1, -0.05) is 12.8 Å². The molecule has 2 amide bonds. The molecule has 6 nitrogen and oxygen atoms in total. The van der Waals surface area contributed by atoms with E-state index >= 15 is 0 Å². The number of nitrogens with one attached hydrogen (secondary N) is 2. The van der Waals surface area contributed by atoms with Crippen molar-refractivity contribution in [1.82, 2.24) is 10.6 Å². The van der Waals surface area contributed by atoms with Crippen LogP contribution in [0.15, 0.2) is 0 Å². The molecule has 3 N–H and O–H groups in total. The van der Waals surface area contributed by atoms with Crippen LogP contribution in [-0.4, -0.2) is 41.9 Å². The maximum absolute atomic E-state index is 11.9. The van der Waals surface area contributed by atoms with Crippen molar-refractivity contribution in [2.45, 2.75) is 56.1 Å². The highest BCUT2D eigenvalue weighted by Gasteiger charge is 2.43. The molecule has 0 aromatic rings. The lowest BCUT2D eigenvalue weighted by molar-refractivity contribution is -0.144. The molecule has 0 aromatic heterocycles. The molecule has 2 saturated carbocycles. The zero-order valence-electron chi connectivity index (χ0n) is 11.3. The van der Waals surface area contributed by atoms with Crippen molar-refractivity contribution >= 4 is 12.0 Å². The molecule has 2 aliphatic carbocycles. The van der Waals surface area contributed by atoms with E-state index in [1.807, 2.05) is 0 Å². The van der Waals surface area contributed by atoms with Crippen LogP contribution in [0.25, 0.3) is 0 Å². The topological polar surface area (TPSA) is 87.7 Å². The fourth-order valence-electron chi connectivity index (χ4n) is 2.90. The first-order valence-electron chi connectivity index (χ1n) is 6.87. The van der Waals surface area contributed by atoms with Crippen molar-refractivity contribution in [2.24, 2.45) is 0 Å². The Balaban J connectivity index is 1.85. The van der Waals surface area contributed by atoms with E-state index in [1.54, 1.807) is 7.11 Å². The Kier molecular flexibility index (Phi) is 3.99. The molecule has 0 atom stereocenters. The van der Waals surface area contributed by atoms with Gasteiger partial charge in [-0.15, -0.1) is 0 Å². The molecule has 2 aliphatic rings. The highest BCUT2D eigenvalue weighted by atomic mass is 16.5. The standard InChI is InChI=1S/C13H22N2O4/c1-19-12(5-4-6-12)9-14-11(18)15-13(10(16)17)7-2-3-8-13/h2-9H2,1H3,(H,16,17)(H2,14,15,18). The van der Waals surface area contributed by atoms with Crippen LogP contribution in [0.5, 0.6) is 0 Å². The predicted octanol–water partition coefficient (Wildman–Crippen LogP) is 1.25. The van der Waals surface area contributed by atoms with E-state index in [-0.39, 0.29) is 5.60 Å². The van der Waals surface area contributed by atoms with Crippen LogP contribution >= 0.6 is 0 Å². The Morgan fingerprint density at radius 3 is 2.21 bits per heavy atom. The molecule has 0 unspecified atom stereocenters. The van der Waals surface area contributed by atoms with Crippen LogP contribution in [0.2, 0.25) is 0 Å². The van der Waals surface area contributed by atoms with E-state index in [0.29, 0.717) is 19.4 Å². The molecule has 0 heterocycles. The third kappa shape index (κ3) is 2.83. The Morgan fingerprint density at radius 1 is 1.16 bits per heavy atom. The molecule has 2 rings (SSSR count). The lowest BCUT2D eigenvalue weighted by Crippen LogP contribution is -2.58. The number of carbonyl (C=O) groups is 2. The number of ether oxygens (including phenoxy) is 1. The first-order valence-corrected chi connectivity index (χ1v) is 6.87. The summed E-state index contributed by atoms with van der Waals surface area (Å²) < 4.78 is 5.41. The van der Waals surface area contributed by atoms with Gasteiger partial charge in [-0.3, -0.25) is 0 Å². The van der Waals surface area contributed by atoms with E-state index in [2.05, 4.69) is 10.6 Å². The Labute approximate surface area is 112 Å². The van der Waals surface area contributed by atoms with Crippen molar-refractivity contribution in [3.05, 3.63) is 0 Å². The van der Waals surface area contributed by atoms with Gasteiger partial charge in [0.2, 0.25) is 0 Å². The number of methoxy groups -OCH3 is 1. The van der Waals surface area contributed by atoms with Crippen molar-refractivity contribution in [3.63, 3.8) is 0 Å². The van der Waals surface area contributed by atoms with Gasteiger partial charge in [-0.2, -0.15) is 0 Å². The van der Waals surface area contributed by atoms with Crippen molar-refractivity contribution in [1.29, 1.82) is 0 Å². The maximum Gasteiger partial charge on any atom is 0.329 e. The SMILES string of the molecule is COC1(CNC(=O)NC2(C(=O)O)CCCC2)CCC1. The fraction of sp³-hybridized carbons (Fsp3) is 0.846. The highest BCUT2D eigenvalue weighted by molar-refractivity contribution is 5.86. The third-order valence-electron chi connectivity index (χ3n) is 4.49. The first kappa shape index (κ1) is 14.1. The summed E-state index contributed by atoms with van der Waals surface area (Å²) in [5.41, 5.74) is -1.33. The minimum atomic E-state index is -1.08. The van der Waals surface area contributed by atoms with Gasteiger partial charge in [0.25, 0.3) is 0 Å². The maximum atomic E-state index is 11.9. The summed E-state index contributed by atoms with van der Waals surface area (Å²) in [6, 6.07) is -0.410. The second kappa shape index (κ2) is 5.36. The van der Waals surface area contributed by atoms with E-state index in [1.165, 1.54) is 0 Å². The molecule has 0 radical (unpaired) electrons. The number of carbonyl (C=O) groups excluding carboxylic acids is 1. The summed E-state index contributed by atoms with van der Waals surface area (Å²) in [5.74, 6) is -0.940. The number of hydrogen-bond donors (Lipinski definition) is 3. The summed E-state index contributed by atoms with van der Waals surface area (Å²) in [6.45, 7) is 0.436. The third-order valence-corrected chi connectivity index (χ3v) is 4.49. The van der Waals surface area contributed by atoms with Crippen LogP contribution in [-0.2, 0) is 9.53 Å². The zero-order chi connectivity index (χ0) is 13.9. The van der Waals surface area contributed by atoms with Crippen molar-refractivity contribution in [2.75, 3.05) is 13.7 Å². The Morgan fingerprint density at radius 2 is 1.79 bits per heavy atom. The molecule has 0 aliphatic heterocycles. The van der Waals surface area contributed by atoms with Crippen LogP contribution in [0.4, 0.5) is 4.79 Å². The number of rotatable bonds is 5. The number of amides is 2. The lowest BCUT2D eigenvalue weighted by atomic mass is 9.80. The van der Waals surface area contributed by atoms with E-state index in [4.69, 9.17) is 4.74 Å². The predicted molar refractivity (Wildman–Crippen MR) is 69.0 cm³/mol. The van der Waals surface area contributed by atoms with Gasteiger partial charge in [0.1, 0.15) is 5.54 Å². The molecule has 0 aromatic carbocycles. The smallest absolute Gasteiger partial charge is 0.329 e. The van der Waals surface area contributed by atoms with Crippen LogP contribution in [0, 0.1) is 0 Å². The van der Waals surface area contributed by atoms with Crippen LogP contribution in [0.1, 0.15) is 44.9 Å². The molecular weight excluding hydrogens is 248 g/mol. The molecule has 0 saturated heterocycles. The average molecular weight is 270 g/mol. The molecule has 0 spiro atoms. The summed E-state index contributed by atoms with van der Waals surface area (Å²) in [4.78, 5) is 23.2. The van der Waals surface area contributed by atoms with Crippen LogP contribution < -0.4 is 10.6 Å². The monoisotopic (exact) mass is 270 g/mol. The zero-order valence-corrected chi connectivity index (χ0v) is 11.3. The first-order chi connectivity index (χ1) is 9.02. The van der Waals surface area contributed by atoms with Gasteiger partial charge in [-0.25, -0.2) is 9.59 Å². The minimum Gasteiger partial charge on any atom is -0.480 e.